The molecule has 2 nitrogen and oxygen atoms in total. The minimum Gasteiger partial charge on any atom is -0.463 e. The first-order valence-electron chi connectivity index (χ1n) is 24.6. The molecule has 2 atom stereocenters. The highest BCUT2D eigenvalue weighted by atomic mass is 19.4. The molecule has 8 aromatic carbocycles. The van der Waals surface area contributed by atoms with Crippen LogP contribution in [-0.4, -0.2) is 18.8 Å². The van der Waals surface area contributed by atoms with E-state index in [4.69, 9.17) is 11.3 Å². The molecule has 0 N–H and O–H groups in total. The molecular weight excluding hydrogens is 858 g/mol. The topological polar surface area (TPSA) is 26.3 Å². The van der Waals surface area contributed by atoms with Gasteiger partial charge in [0, 0.05) is 11.5 Å². The summed E-state index contributed by atoms with van der Waals surface area (Å²) < 4.78 is 52.3. The predicted molar refractivity (Wildman–Crippen MR) is 282 cm³/mol. The van der Waals surface area contributed by atoms with Crippen molar-refractivity contribution in [2.45, 2.75) is 115 Å². The summed E-state index contributed by atoms with van der Waals surface area (Å²) in [6.07, 6.45) is 0.540. The van der Waals surface area contributed by atoms with Crippen molar-refractivity contribution in [3.63, 3.8) is 0 Å². The maximum atomic E-state index is 15.6. The second-order valence-corrected chi connectivity index (χ2v) is 21.9. The summed E-state index contributed by atoms with van der Waals surface area (Å²) in [4.78, 5) is 11.9. The van der Waals surface area contributed by atoms with E-state index < -0.39 is 23.0 Å². The largest absolute Gasteiger partial charge is 0.463 e. The molecule has 8 aromatic rings. The number of allylic oxidation sites excluding steroid dienone is 1. The zero-order valence-electron chi connectivity index (χ0n) is 41.2. The summed E-state index contributed by atoms with van der Waals surface area (Å²) in [5.41, 5.74) is 10.6. The standard InChI is InChI=1S/C64H61F3O2/c1-11-38(3)63(30-14-13-15-31-69-57(68)12-2)55-35-41(40-19-25-48-49-29-23-45(60(4,5)6)37-54(49)62(10,53(48)34-40)64(65,66)67)20-26-50(55)51-27-21-42(36-56(51)63)47-24-18-39-16-17-43-32-46(61(7,8)9)33-44-22-28-52(47)59(39)58(43)44/h12,16-29,32-37H,2-3,11,13-15,30-31H2,1,4-10H3. The van der Waals surface area contributed by atoms with Crippen LogP contribution in [0.25, 0.3) is 76.8 Å². The van der Waals surface area contributed by atoms with Gasteiger partial charge in [-0.05, 0) is 165 Å². The number of rotatable bonds is 11. The summed E-state index contributed by atoms with van der Waals surface area (Å²) in [6.45, 7) is 25.1. The summed E-state index contributed by atoms with van der Waals surface area (Å²) in [5.74, 6) is -0.424. The fourth-order valence-corrected chi connectivity index (χ4v) is 11.8. The van der Waals surface area contributed by atoms with Crippen LogP contribution in [0, 0.1) is 0 Å². The van der Waals surface area contributed by atoms with Crippen molar-refractivity contribution in [2.24, 2.45) is 0 Å². The van der Waals surface area contributed by atoms with Gasteiger partial charge in [-0.3, -0.25) is 0 Å². The molecule has 0 spiro atoms. The zero-order chi connectivity index (χ0) is 49.0. The average molecular weight is 919 g/mol. The summed E-state index contributed by atoms with van der Waals surface area (Å²) >= 11 is 0. The van der Waals surface area contributed by atoms with Gasteiger partial charge in [0.25, 0.3) is 0 Å². The van der Waals surface area contributed by atoms with Gasteiger partial charge in [-0.1, -0.05) is 183 Å². The van der Waals surface area contributed by atoms with Gasteiger partial charge in [-0.2, -0.15) is 13.2 Å². The lowest BCUT2D eigenvalue weighted by Gasteiger charge is -2.35. The van der Waals surface area contributed by atoms with Crippen LogP contribution in [0.15, 0.2) is 146 Å². The fourth-order valence-electron chi connectivity index (χ4n) is 11.8. The number of alkyl halides is 3. The monoisotopic (exact) mass is 918 g/mol. The molecule has 0 aromatic heterocycles. The Morgan fingerprint density at radius 2 is 1.09 bits per heavy atom. The lowest BCUT2D eigenvalue weighted by Crippen LogP contribution is -2.39. The number of carbonyl (C=O) groups is 1. The lowest BCUT2D eigenvalue weighted by molar-refractivity contribution is -0.172. The van der Waals surface area contributed by atoms with E-state index in [1.54, 1.807) is 12.1 Å². The van der Waals surface area contributed by atoms with Crippen LogP contribution in [0.4, 0.5) is 13.2 Å². The van der Waals surface area contributed by atoms with Crippen molar-refractivity contribution in [1.82, 2.24) is 0 Å². The molecule has 69 heavy (non-hydrogen) atoms. The summed E-state index contributed by atoms with van der Waals surface area (Å²) in [5, 5.41) is 7.47. The van der Waals surface area contributed by atoms with E-state index in [1.165, 1.54) is 56.4 Å². The molecule has 2 unspecified atom stereocenters. The first-order valence-corrected chi connectivity index (χ1v) is 24.6. The van der Waals surface area contributed by atoms with Gasteiger partial charge < -0.3 is 4.74 Å². The van der Waals surface area contributed by atoms with E-state index in [2.05, 4.69) is 119 Å². The normalized spacial score (nSPS) is 17.6. The Morgan fingerprint density at radius 3 is 1.68 bits per heavy atom. The molecule has 350 valence electrons. The Morgan fingerprint density at radius 1 is 0.580 bits per heavy atom. The van der Waals surface area contributed by atoms with Crippen molar-refractivity contribution in [3.05, 3.63) is 180 Å². The highest BCUT2D eigenvalue weighted by Crippen LogP contribution is 2.60. The molecular formula is C64H61F3O2. The minimum atomic E-state index is -4.53. The molecule has 2 aliphatic carbocycles. The lowest BCUT2D eigenvalue weighted by atomic mass is 9.67. The molecule has 2 aliphatic rings. The number of carbonyl (C=O) groups excluding carboxylic acids is 1. The molecule has 5 heteroatoms. The Kier molecular flexibility index (Phi) is 10.9. The maximum absolute atomic E-state index is 15.6. The van der Waals surface area contributed by atoms with E-state index in [0.29, 0.717) is 29.7 Å². The zero-order valence-corrected chi connectivity index (χ0v) is 41.2. The number of fused-ring (bicyclic) bond motifs is 6. The van der Waals surface area contributed by atoms with Crippen LogP contribution in [0.2, 0.25) is 0 Å². The van der Waals surface area contributed by atoms with Gasteiger partial charge in [0.2, 0.25) is 0 Å². The van der Waals surface area contributed by atoms with Crippen LogP contribution in [0.5, 0.6) is 0 Å². The SMILES string of the molecule is C=CC(=O)OCCCCCC1(C(=C)CC)c2cc(-c3ccc4c(c3)C(C)(C(F)(F)F)c3cc(C(C)(C)C)ccc3-4)ccc2-c2ccc(-c3ccc4ccc5cc(C(C)(C)C)cc6ccc3c4c56)cc21. The number of hydrogen-bond acceptors (Lipinski definition) is 2. The van der Waals surface area contributed by atoms with Crippen LogP contribution in [-0.2, 0) is 31.2 Å². The quantitative estimate of drug-likeness (QED) is 0.0425. The van der Waals surface area contributed by atoms with Crippen LogP contribution < -0.4 is 0 Å². The van der Waals surface area contributed by atoms with Gasteiger partial charge >= 0.3 is 12.1 Å². The van der Waals surface area contributed by atoms with Crippen LogP contribution in [0.1, 0.15) is 121 Å². The molecule has 0 radical (unpaired) electrons. The van der Waals surface area contributed by atoms with Crippen LogP contribution in [0.3, 0.4) is 0 Å². The van der Waals surface area contributed by atoms with Gasteiger partial charge in [-0.25, -0.2) is 4.79 Å². The molecule has 0 amide bonds. The van der Waals surface area contributed by atoms with E-state index >= 15 is 13.2 Å². The van der Waals surface area contributed by atoms with E-state index in [1.807, 2.05) is 45.0 Å². The molecule has 0 aliphatic heterocycles. The minimum absolute atomic E-state index is 0.0185. The highest BCUT2D eigenvalue weighted by molar-refractivity contribution is 6.25. The van der Waals surface area contributed by atoms with Gasteiger partial charge in [0.15, 0.2) is 0 Å². The fraction of sp³-hybridized carbons (Fsp3) is 0.297. The number of benzene rings is 8. The van der Waals surface area contributed by atoms with E-state index in [-0.39, 0.29) is 16.4 Å². The number of unbranched alkanes of at least 4 members (excludes halogenated alkanes) is 2. The summed E-state index contributed by atoms with van der Waals surface area (Å²) in [7, 11) is 0. The first-order chi connectivity index (χ1) is 32.7. The second-order valence-electron chi connectivity index (χ2n) is 21.9. The van der Waals surface area contributed by atoms with Crippen molar-refractivity contribution in [1.29, 1.82) is 0 Å². The van der Waals surface area contributed by atoms with Crippen molar-refractivity contribution in [3.8, 4) is 44.5 Å². The smallest absolute Gasteiger partial charge is 0.402 e. The second kappa shape index (κ2) is 16.3. The van der Waals surface area contributed by atoms with Crippen molar-refractivity contribution in [2.75, 3.05) is 6.61 Å². The Bertz CT molecular complexity index is 3390. The third kappa shape index (κ3) is 7.24. The number of hydrogen-bond donors (Lipinski definition) is 0. The average Bonchev–Trinajstić information content (AvgIpc) is 3.75. The van der Waals surface area contributed by atoms with Crippen LogP contribution >= 0.6 is 0 Å². The molecule has 0 saturated carbocycles. The van der Waals surface area contributed by atoms with Gasteiger partial charge in [0.1, 0.15) is 5.41 Å². The molecule has 0 bridgehead atoms. The Balaban J connectivity index is 1.11. The Hall–Kier alpha value is -6.46. The molecule has 0 fully saturated rings. The third-order valence-corrected chi connectivity index (χ3v) is 15.8. The van der Waals surface area contributed by atoms with Crippen molar-refractivity contribution < 1.29 is 22.7 Å². The molecule has 10 rings (SSSR count). The highest BCUT2D eigenvalue weighted by Gasteiger charge is 2.58. The van der Waals surface area contributed by atoms with Gasteiger partial charge in [-0.15, -0.1) is 0 Å². The number of ether oxygens (including phenoxy) is 1. The Labute approximate surface area is 405 Å². The molecule has 0 heterocycles. The van der Waals surface area contributed by atoms with Crippen molar-refractivity contribution >= 4 is 38.3 Å². The first kappa shape index (κ1) is 46.3. The van der Waals surface area contributed by atoms with E-state index in [0.717, 1.165) is 75.8 Å². The maximum Gasteiger partial charge on any atom is 0.402 e. The van der Waals surface area contributed by atoms with E-state index in [9.17, 15) is 4.79 Å². The number of halogens is 3. The third-order valence-electron chi connectivity index (χ3n) is 15.8. The predicted octanol–water partition coefficient (Wildman–Crippen LogP) is 17.9. The number of esters is 1. The summed E-state index contributed by atoms with van der Waals surface area (Å²) in [6, 6.07) is 43.0. The van der Waals surface area contributed by atoms with Gasteiger partial charge in [0.05, 0.1) is 6.61 Å². The molecule has 0 saturated heterocycles.